The molecule has 0 saturated heterocycles. The van der Waals surface area contributed by atoms with E-state index in [1.54, 1.807) is 35.2 Å². The lowest BCUT2D eigenvalue weighted by Gasteiger charge is -2.19. The van der Waals surface area contributed by atoms with Crippen molar-refractivity contribution < 1.29 is 9.59 Å². The van der Waals surface area contributed by atoms with E-state index >= 15 is 0 Å². The fraction of sp³-hybridized carbons (Fsp3) is 0.333. The van der Waals surface area contributed by atoms with E-state index in [9.17, 15) is 14.4 Å². The Balaban J connectivity index is 1.86. The molecule has 3 aromatic rings. The number of carbonyl (C=O) groups excluding carboxylic acids is 2. The van der Waals surface area contributed by atoms with Crippen LogP contribution < -0.4 is 5.56 Å². The largest absolute Gasteiger partial charge is 0.355 e. The van der Waals surface area contributed by atoms with Crippen molar-refractivity contribution >= 4 is 23.3 Å². The highest BCUT2D eigenvalue weighted by atomic mass is 35.5. The van der Waals surface area contributed by atoms with E-state index in [4.69, 9.17) is 11.6 Å². The molecule has 1 amide bonds. The normalized spacial score (nSPS) is 11.9. The Bertz CT molecular complexity index is 1180. The Kier molecular flexibility index (Phi) is 7.30. The fourth-order valence-corrected chi connectivity index (χ4v) is 3.70. The van der Waals surface area contributed by atoms with E-state index in [0.717, 1.165) is 11.3 Å². The van der Waals surface area contributed by atoms with Crippen LogP contribution in [-0.4, -0.2) is 44.4 Å². The summed E-state index contributed by atoms with van der Waals surface area (Å²) in [5.74, 6) is -0.489. The summed E-state index contributed by atoms with van der Waals surface area (Å²) >= 11 is 5.92. The molecule has 0 aliphatic carbocycles. The first kappa shape index (κ1) is 23.5. The van der Waals surface area contributed by atoms with Crippen LogP contribution in [0.5, 0.6) is 0 Å². The fourth-order valence-electron chi connectivity index (χ4n) is 3.57. The molecule has 2 heterocycles. The Morgan fingerprint density at radius 3 is 2.41 bits per heavy atom. The number of rotatable bonds is 8. The average Bonchev–Trinajstić information content (AvgIpc) is 3.17. The molecule has 8 heteroatoms. The van der Waals surface area contributed by atoms with E-state index < -0.39 is 0 Å². The number of H-pyrrole nitrogens is 1. The number of carbonyl (C=O) groups is 2. The van der Waals surface area contributed by atoms with Gasteiger partial charge in [-0.3, -0.25) is 14.4 Å². The number of aryl methyl sites for hydroxylation is 1. The third kappa shape index (κ3) is 4.99. The number of nitrogens with zero attached hydrogens (tertiary/aromatic N) is 3. The summed E-state index contributed by atoms with van der Waals surface area (Å²) in [5, 5.41) is 5.00. The zero-order valence-corrected chi connectivity index (χ0v) is 19.4. The van der Waals surface area contributed by atoms with Crippen molar-refractivity contribution in [2.45, 2.75) is 40.2 Å². The SMILES string of the molecule is CCN(CC)C(=O)Cn1nc(C(C)c2cc(C)c(C(=O)c3ccc(Cl)cc3)[nH]2)ccc1=O. The van der Waals surface area contributed by atoms with E-state index in [2.05, 4.69) is 10.1 Å². The summed E-state index contributed by atoms with van der Waals surface area (Å²) in [7, 11) is 0. The van der Waals surface area contributed by atoms with Crippen molar-refractivity contribution in [2.24, 2.45) is 0 Å². The van der Waals surface area contributed by atoms with Crippen molar-refractivity contribution in [1.29, 1.82) is 0 Å². The number of hydrogen-bond donors (Lipinski definition) is 1. The number of amides is 1. The minimum absolute atomic E-state index is 0.106. The molecular weight excluding hydrogens is 428 g/mol. The molecule has 1 unspecified atom stereocenters. The second kappa shape index (κ2) is 9.96. The van der Waals surface area contributed by atoms with Gasteiger partial charge in [-0.2, -0.15) is 5.10 Å². The molecule has 0 aliphatic rings. The number of ketones is 1. The van der Waals surface area contributed by atoms with Crippen LogP contribution in [0.3, 0.4) is 0 Å². The first-order valence-corrected chi connectivity index (χ1v) is 11.0. The molecule has 32 heavy (non-hydrogen) atoms. The van der Waals surface area contributed by atoms with Gasteiger partial charge in [0.1, 0.15) is 6.54 Å². The summed E-state index contributed by atoms with van der Waals surface area (Å²) in [6.45, 7) is 8.64. The number of benzene rings is 1. The summed E-state index contributed by atoms with van der Waals surface area (Å²) < 4.78 is 1.20. The molecule has 7 nitrogen and oxygen atoms in total. The zero-order chi connectivity index (χ0) is 23.4. The Hall–Kier alpha value is -3.19. The minimum Gasteiger partial charge on any atom is -0.355 e. The highest BCUT2D eigenvalue weighted by Gasteiger charge is 2.20. The highest BCUT2D eigenvalue weighted by molar-refractivity contribution is 6.30. The van der Waals surface area contributed by atoms with Gasteiger partial charge in [-0.15, -0.1) is 0 Å². The minimum atomic E-state index is -0.331. The highest BCUT2D eigenvalue weighted by Crippen LogP contribution is 2.25. The number of halogens is 1. The van der Waals surface area contributed by atoms with Crippen LogP contribution in [0, 0.1) is 6.92 Å². The molecule has 1 atom stereocenters. The number of nitrogens with one attached hydrogen (secondary N) is 1. The van der Waals surface area contributed by atoms with Crippen molar-refractivity contribution in [3.05, 3.63) is 86.0 Å². The van der Waals surface area contributed by atoms with Gasteiger partial charge in [0.2, 0.25) is 11.7 Å². The Labute approximate surface area is 192 Å². The number of aromatic amines is 1. The first-order valence-electron chi connectivity index (χ1n) is 10.6. The topological polar surface area (TPSA) is 88.1 Å². The molecular formula is C24H27ClN4O3. The maximum Gasteiger partial charge on any atom is 0.267 e. The van der Waals surface area contributed by atoms with Crippen molar-refractivity contribution in [1.82, 2.24) is 19.7 Å². The number of likely N-dealkylation sites (N-methyl/N-ethyl adjacent to an activating group) is 1. The quantitative estimate of drug-likeness (QED) is 0.524. The zero-order valence-electron chi connectivity index (χ0n) is 18.7. The summed E-state index contributed by atoms with van der Waals surface area (Å²) in [6, 6.07) is 11.7. The number of aromatic nitrogens is 3. The maximum atomic E-state index is 12.9. The maximum absolute atomic E-state index is 12.9. The van der Waals surface area contributed by atoms with Gasteiger partial charge >= 0.3 is 0 Å². The molecule has 0 radical (unpaired) electrons. The predicted molar refractivity (Wildman–Crippen MR) is 124 cm³/mol. The second-order valence-electron chi connectivity index (χ2n) is 7.66. The molecule has 2 aromatic heterocycles. The predicted octanol–water partition coefficient (Wildman–Crippen LogP) is 3.78. The lowest BCUT2D eigenvalue weighted by atomic mass is 10.0. The van der Waals surface area contributed by atoms with Crippen LogP contribution in [-0.2, 0) is 11.3 Å². The molecule has 0 saturated carbocycles. The lowest BCUT2D eigenvalue weighted by molar-refractivity contribution is -0.131. The molecule has 0 bridgehead atoms. The monoisotopic (exact) mass is 454 g/mol. The van der Waals surface area contributed by atoms with Crippen molar-refractivity contribution in [2.75, 3.05) is 13.1 Å². The van der Waals surface area contributed by atoms with Crippen LogP contribution in [0.4, 0.5) is 0 Å². The van der Waals surface area contributed by atoms with Crippen LogP contribution in [0.2, 0.25) is 5.02 Å². The summed E-state index contributed by atoms with van der Waals surface area (Å²) in [6.07, 6.45) is 0. The van der Waals surface area contributed by atoms with Gasteiger partial charge in [-0.25, -0.2) is 4.68 Å². The molecule has 0 fully saturated rings. The summed E-state index contributed by atoms with van der Waals surface area (Å²) in [5.41, 5.74) is 2.95. The third-order valence-corrected chi connectivity index (χ3v) is 5.82. The van der Waals surface area contributed by atoms with Crippen LogP contribution in [0.15, 0.2) is 47.3 Å². The van der Waals surface area contributed by atoms with E-state index in [1.807, 2.05) is 33.8 Å². The number of hydrogen-bond acceptors (Lipinski definition) is 4. The second-order valence-corrected chi connectivity index (χ2v) is 8.10. The Morgan fingerprint density at radius 1 is 1.12 bits per heavy atom. The van der Waals surface area contributed by atoms with Gasteiger partial charge < -0.3 is 9.88 Å². The van der Waals surface area contributed by atoms with Gasteiger partial charge in [-0.05, 0) is 62.7 Å². The first-order chi connectivity index (χ1) is 15.2. The molecule has 0 spiro atoms. The van der Waals surface area contributed by atoms with Gasteiger partial charge in [0.25, 0.3) is 5.56 Å². The van der Waals surface area contributed by atoms with Gasteiger partial charge in [0.15, 0.2) is 0 Å². The average molecular weight is 455 g/mol. The standard InChI is InChI=1S/C24H27ClN4O3/c1-5-28(6-2)22(31)14-29-21(30)12-11-19(27-29)16(4)20-13-15(3)23(26-20)24(32)17-7-9-18(25)10-8-17/h7-13,16,26H,5-6,14H2,1-4H3. The van der Waals surface area contributed by atoms with Crippen LogP contribution in [0.1, 0.15) is 59.7 Å². The lowest BCUT2D eigenvalue weighted by Crippen LogP contribution is -2.37. The van der Waals surface area contributed by atoms with E-state index in [1.165, 1.54) is 10.7 Å². The van der Waals surface area contributed by atoms with Gasteiger partial charge in [0, 0.05) is 41.4 Å². The smallest absolute Gasteiger partial charge is 0.267 e. The van der Waals surface area contributed by atoms with Crippen LogP contribution in [0.25, 0.3) is 0 Å². The van der Waals surface area contributed by atoms with Gasteiger partial charge in [-0.1, -0.05) is 18.5 Å². The molecule has 3 rings (SSSR count). The Morgan fingerprint density at radius 2 is 1.78 bits per heavy atom. The van der Waals surface area contributed by atoms with Gasteiger partial charge in [0.05, 0.1) is 11.4 Å². The summed E-state index contributed by atoms with van der Waals surface area (Å²) in [4.78, 5) is 42.5. The molecule has 1 aromatic carbocycles. The van der Waals surface area contributed by atoms with E-state index in [-0.39, 0.29) is 29.7 Å². The molecule has 168 valence electrons. The van der Waals surface area contributed by atoms with Crippen molar-refractivity contribution in [3.8, 4) is 0 Å². The van der Waals surface area contributed by atoms with Crippen LogP contribution >= 0.6 is 11.6 Å². The van der Waals surface area contributed by atoms with Crippen molar-refractivity contribution in [3.63, 3.8) is 0 Å². The molecule has 1 N–H and O–H groups in total. The third-order valence-electron chi connectivity index (χ3n) is 5.57. The van der Waals surface area contributed by atoms with E-state index in [0.29, 0.717) is 35.1 Å². The molecule has 0 aliphatic heterocycles.